The van der Waals surface area contributed by atoms with Crippen LogP contribution in [0.25, 0.3) is 10.2 Å². The standard InChI is InChI=1S/C21H22N2O2S/c24-20(22-16-13-14-25-18-9-3-1-7-15(16)18)11-5-6-12-21-23-17-8-2-4-10-19(17)26-21/h1-4,7-10,16H,5-6,11-14H2,(H,22,24)/t16-/m0/s1. The first kappa shape index (κ1) is 17.0. The van der Waals surface area contributed by atoms with E-state index in [1.165, 1.54) is 4.70 Å². The molecule has 2 heterocycles. The molecule has 1 aliphatic rings. The summed E-state index contributed by atoms with van der Waals surface area (Å²) in [4.78, 5) is 17.0. The number of unbranched alkanes of at least 4 members (excludes halogenated alkanes) is 1. The molecule has 5 heteroatoms. The van der Waals surface area contributed by atoms with Gasteiger partial charge in [-0.2, -0.15) is 0 Å². The molecule has 4 rings (SSSR count). The third kappa shape index (κ3) is 3.88. The second kappa shape index (κ2) is 7.87. The van der Waals surface area contributed by atoms with E-state index in [2.05, 4.69) is 22.4 Å². The Morgan fingerprint density at radius 1 is 1.15 bits per heavy atom. The van der Waals surface area contributed by atoms with Gasteiger partial charge in [0, 0.05) is 18.4 Å². The summed E-state index contributed by atoms with van der Waals surface area (Å²) in [7, 11) is 0. The van der Waals surface area contributed by atoms with Crippen LogP contribution < -0.4 is 10.1 Å². The van der Waals surface area contributed by atoms with Gasteiger partial charge < -0.3 is 10.1 Å². The van der Waals surface area contributed by atoms with Gasteiger partial charge in [0.05, 0.1) is 27.9 Å². The molecule has 2 aromatic carbocycles. The van der Waals surface area contributed by atoms with Crippen LogP contribution in [0.5, 0.6) is 5.75 Å². The van der Waals surface area contributed by atoms with Gasteiger partial charge in [-0.25, -0.2) is 4.98 Å². The Labute approximate surface area is 157 Å². The molecule has 4 nitrogen and oxygen atoms in total. The molecule has 0 bridgehead atoms. The Morgan fingerprint density at radius 3 is 2.92 bits per heavy atom. The molecule has 0 saturated heterocycles. The fourth-order valence-corrected chi connectivity index (χ4v) is 4.36. The number of aromatic nitrogens is 1. The molecule has 1 N–H and O–H groups in total. The Bertz CT molecular complexity index is 873. The van der Waals surface area contributed by atoms with E-state index in [9.17, 15) is 4.79 Å². The number of nitrogens with zero attached hydrogens (tertiary/aromatic N) is 1. The van der Waals surface area contributed by atoms with E-state index >= 15 is 0 Å². The maximum atomic E-state index is 12.3. The lowest BCUT2D eigenvalue weighted by molar-refractivity contribution is -0.122. The molecule has 0 fully saturated rings. The third-order valence-electron chi connectivity index (χ3n) is 4.68. The minimum absolute atomic E-state index is 0.0664. The van der Waals surface area contributed by atoms with E-state index in [4.69, 9.17) is 4.74 Å². The first-order valence-corrected chi connectivity index (χ1v) is 9.97. The lowest BCUT2D eigenvalue weighted by Crippen LogP contribution is -2.31. The van der Waals surface area contributed by atoms with Crippen molar-refractivity contribution in [1.29, 1.82) is 0 Å². The number of hydrogen-bond acceptors (Lipinski definition) is 4. The van der Waals surface area contributed by atoms with Crippen LogP contribution in [0.3, 0.4) is 0 Å². The SMILES string of the molecule is O=C(CCCCc1nc2ccccc2s1)N[C@H]1CCOc2ccccc21. The van der Waals surface area contributed by atoms with Crippen LogP contribution in [0.4, 0.5) is 0 Å². The van der Waals surface area contributed by atoms with Crippen LogP contribution in [-0.2, 0) is 11.2 Å². The Kier molecular flexibility index (Phi) is 5.16. The topological polar surface area (TPSA) is 51.2 Å². The van der Waals surface area contributed by atoms with Gasteiger partial charge in [0.2, 0.25) is 5.91 Å². The number of rotatable bonds is 6. The Hall–Kier alpha value is -2.40. The summed E-state index contributed by atoms with van der Waals surface area (Å²) in [6.45, 7) is 0.652. The molecule has 1 atom stereocenters. The number of benzene rings is 2. The second-order valence-corrected chi connectivity index (χ2v) is 7.69. The van der Waals surface area contributed by atoms with Gasteiger partial charge in [0.1, 0.15) is 5.75 Å². The van der Waals surface area contributed by atoms with Gasteiger partial charge in [-0.15, -0.1) is 11.3 Å². The molecule has 0 unspecified atom stereocenters. The molecule has 0 aliphatic carbocycles. The second-order valence-electron chi connectivity index (χ2n) is 6.58. The van der Waals surface area contributed by atoms with E-state index < -0.39 is 0 Å². The number of fused-ring (bicyclic) bond motifs is 2. The molecular weight excluding hydrogens is 344 g/mol. The molecule has 1 aromatic heterocycles. The number of hydrogen-bond donors (Lipinski definition) is 1. The van der Waals surface area contributed by atoms with E-state index in [0.29, 0.717) is 13.0 Å². The normalized spacial score (nSPS) is 16.1. The molecule has 0 saturated carbocycles. The van der Waals surface area contributed by atoms with Crippen LogP contribution in [0, 0.1) is 0 Å². The van der Waals surface area contributed by atoms with Crippen molar-refractivity contribution in [3.63, 3.8) is 0 Å². The summed E-state index contributed by atoms with van der Waals surface area (Å²) < 4.78 is 6.89. The number of aryl methyl sites for hydroxylation is 1. The number of para-hydroxylation sites is 2. The van der Waals surface area contributed by atoms with Crippen LogP contribution in [-0.4, -0.2) is 17.5 Å². The van der Waals surface area contributed by atoms with Gasteiger partial charge in [-0.05, 0) is 37.5 Å². The summed E-state index contributed by atoms with van der Waals surface area (Å²) in [5, 5.41) is 4.32. The van der Waals surface area contributed by atoms with E-state index in [1.54, 1.807) is 11.3 Å². The highest BCUT2D eigenvalue weighted by molar-refractivity contribution is 7.18. The largest absolute Gasteiger partial charge is 0.493 e. The predicted molar refractivity (Wildman–Crippen MR) is 105 cm³/mol. The summed E-state index contributed by atoms with van der Waals surface area (Å²) in [6, 6.07) is 16.2. The zero-order valence-corrected chi connectivity index (χ0v) is 15.4. The number of amides is 1. The maximum Gasteiger partial charge on any atom is 0.220 e. The van der Waals surface area contributed by atoms with Gasteiger partial charge in [-0.3, -0.25) is 4.79 Å². The average Bonchev–Trinajstić information content (AvgIpc) is 3.08. The highest BCUT2D eigenvalue weighted by atomic mass is 32.1. The molecular formula is C21H22N2O2S. The summed E-state index contributed by atoms with van der Waals surface area (Å²) in [6.07, 6.45) is 4.19. The van der Waals surface area contributed by atoms with E-state index in [-0.39, 0.29) is 11.9 Å². The summed E-state index contributed by atoms with van der Waals surface area (Å²) >= 11 is 1.75. The molecule has 26 heavy (non-hydrogen) atoms. The summed E-state index contributed by atoms with van der Waals surface area (Å²) in [5.41, 5.74) is 2.16. The van der Waals surface area contributed by atoms with Gasteiger partial charge in [0.25, 0.3) is 0 Å². The molecule has 3 aromatic rings. The zero-order valence-electron chi connectivity index (χ0n) is 14.6. The molecule has 1 aliphatic heterocycles. The number of thiazole rings is 1. The Balaban J connectivity index is 1.24. The lowest BCUT2D eigenvalue weighted by Gasteiger charge is -2.26. The van der Waals surface area contributed by atoms with Gasteiger partial charge >= 0.3 is 0 Å². The van der Waals surface area contributed by atoms with E-state index in [1.807, 2.05) is 36.4 Å². The van der Waals surface area contributed by atoms with Crippen molar-refractivity contribution < 1.29 is 9.53 Å². The number of nitrogens with one attached hydrogen (secondary N) is 1. The van der Waals surface area contributed by atoms with Gasteiger partial charge in [-0.1, -0.05) is 30.3 Å². The van der Waals surface area contributed by atoms with Gasteiger partial charge in [0.15, 0.2) is 0 Å². The highest BCUT2D eigenvalue weighted by Crippen LogP contribution is 2.31. The van der Waals surface area contributed by atoms with Crippen LogP contribution in [0.2, 0.25) is 0 Å². The van der Waals surface area contributed by atoms with Crippen molar-refractivity contribution in [1.82, 2.24) is 10.3 Å². The monoisotopic (exact) mass is 366 g/mol. The maximum absolute atomic E-state index is 12.3. The van der Waals surface area contributed by atoms with Crippen molar-refractivity contribution in [2.24, 2.45) is 0 Å². The van der Waals surface area contributed by atoms with Crippen molar-refractivity contribution in [2.45, 2.75) is 38.1 Å². The van der Waals surface area contributed by atoms with E-state index in [0.717, 1.165) is 47.5 Å². The van der Waals surface area contributed by atoms with Crippen molar-refractivity contribution in [3.8, 4) is 5.75 Å². The third-order valence-corrected chi connectivity index (χ3v) is 5.77. The smallest absolute Gasteiger partial charge is 0.220 e. The number of ether oxygens (including phenoxy) is 1. The van der Waals surface area contributed by atoms with Crippen LogP contribution >= 0.6 is 11.3 Å². The minimum atomic E-state index is 0.0664. The summed E-state index contributed by atoms with van der Waals surface area (Å²) in [5.74, 6) is 1.01. The highest BCUT2D eigenvalue weighted by Gasteiger charge is 2.22. The lowest BCUT2D eigenvalue weighted by atomic mass is 10.0. The van der Waals surface area contributed by atoms with Crippen LogP contribution in [0.1, 0.15) is 42.3 Å². The quantitative estimate of drug-likeness (QED) is 0.646. The average molecular weight is 366 g/mol. The van der Waals surface area contributed by atoms with Crippen molar-refractivity contribution in [3.05, 3.63) is 59.1 Å². The first-order chi connectivity index (χ1) is 12.8. The van der Waals surface area contributed by atoms with Crippen LogP contribution in [0.15, 0.2) is 48.5 Å². The number of carbonyl (C=O) groups is 1. The minimum Gasteiger partial charge on any atom is -0.493 e. The number of carbonyl (C=O) groups excluding carboxylic acids is 1. The molecule has 134 valence electrons. The molecule has 0 spiro atoms. The van der Waals surface area contributed by atoms with Crippen molar-refractivity contribution >= 4 is 27.5 Å². The Morgan fingerprint density at radius 2 is 2.00 bits per heavy atom. The first-order valence-electron chi connectivity index (χ1n) is 9.15. The fraction of sp³-hybridized carbons (Fsp3) is 0.333. The fourth-order valence-electron chi connectivity index (χ4n) is 3.35. The molecule has 0 radical (unpaired) electrons. The molecule has 1 amide bonds. The zero-order chi connectivity index (χ0) is 17.8. The van der Waals surface area contributed by atoms with Crippen molar-refractivity contribution in [2.75, 3.05) is 6.61 Å². The predicted octanol–water partition coefficient (Wildman–Crippen LogP) is 4.65.